The van der Waals surface area contributed by atoms with Gasteiger partial charge in [0.05, 0.1) is 11.5 Å². The molecule has 1 N–H and O–H groups in total. The van der Waals surface area contributed by atoms with Crippen LogP contribution in [-0.4, -0.2) is 15.2 Å². The fourth-order valence-corrected chi connectivity index (χ4v) is 3.04. The molecule has 5 heteroatoms. The average molecular weight is 327 g/mol. The topological polar surface area (TPSA) is 59.2 Å². The van der Waals surface area contributed by atoms with Gasteiger partial charge in [0.25, 0.3) is 5.89 Å². The van der Waals surface area contributed by atoms with E-state index >= 15 is 0 Å². The molecule has 1 heterocycles. The van der Waals surface area contributed by atoms with Gasteiger partial charge in [0, 0.05) is 5.02 Å². The van der Waals surface area contributed by atoms with Crippen LogP contribution in [0.2, 0.25) is 5.02 Å². The maximum atomic E-state index is 10.0. The van der Waals surface area contributed by atoms with Crippen LogP contribution >= 0.6 is 11.6 Å². The first kappa shape index (κ1) is 14.3. The van der Waals surface area contributed by atoms with Gasteiger partial charge in [-0.2, -0.15) is 4.98 Å². The van der Waals surface area contributed by atoms with E-state index in [0.29, 0.717) is 28.2 Å². The fraction of sp³-hybridized carbons (Fsp3) is 0.222. The summed E-state index contributed by atoms with van der Waals surface area (Å²) in [5.41, 5.74) is 1.69. The molecule has 0 amide bonds. The van der Waals surface area contributed by atoms with Gasteiger partial charge in [-0.3, -0.25) is 0 Å². The maximum absolute atomic E-state index is 10.0. The van der Waals surface area contributed by atoms with Crippen LogP contribution in [0, 0.1) is 5.92 Å². The molecule has 0 radical (unpaired) electrons. The van der Waals surface area contributed by atoms with Gasteiger partial charge in [-0.1, -0.05) is 47.1 Å². The predicted molar refractivity (Wildman–Crippen MR) is 87.4 cm³/mol. The molecule has 23 heavy (non-hydrogen) atoms. The number of phenols is 1. The van der Waals surface area contributed by atoms with Crippen molar-refractivity contribution < 1.29 is 9.63 Å². The normalized spacial score (nSPS) is 15.5. The third-order valence-electron chi connectivity index (χ3n) is 4.16. The Labute approximate surface area is 138 Å². The molecule has 1 unspecified atom stereocenters. The van der Waals surface area contributed by atoms with Crippen LogP contribution in [0.1, 0.15) is 30.1 Å². The number of nitrogens with zero attached hydrogens (tertiary/aromatic N) is 2. The van der Waals surface area contributed by atoms with E-state index < -0.39 is 0 Å². The van der Waals surface area contributed by atoms with E-state index in [0.717, 1.165) is 0 Å². The maximum Gasteiger partial charge on any atom is 0.261 e. The molecule has 3 aromatic rings. The van der Waals surface area contributed by atoms with Crippen LogP contribution in [0.25, 0.3) is 11.5 Å². The molecule has 4 nitrogen and oxygen atoms in total. The quantitative estimate of drug-likeness (QED) is 0.759. The van der Waals surface area contributed by atoms with Crippen molar-refractivity contribution in [2.24, 2.45) is 5.92 Å². The summed E-state index contributed by atoms with van der Waals surface area (Å²) in [7, 11) is 0. The Morgan fingerprint density at radius 3 is 2.61 bits per heavy atom. The van der Waals surface area contributed by atoms with Crippen LogP contribution in [0.5, 0.6) is 5.75 Å². The van der Waals surface area contributed by atoms with E-state index in [1.165, 1.54) is 24.5 Å². The lowest BCUT2D eigenvalue weighted by atomic mass is 9.93. The molecule has 1 saturated carbocycles. The van der Waals surface area contributed by atoms with Crippen molar-refractivity contribution >= 4 is 11.6 Å². The Hall–Kier alpha value is -2.33. The molecule has 0 saturated heterocycles. The number of rotatable bonds is 4. The number of phenolic OH excluding ortho intramolecular Hbond substituents is 1. The molecule has 0 bridgehead atoms. The van der Waals surface area contributed by atoms with E-state index in [-0.39, 0.29) is 11.7 Å². The van der Waals surface area contributed by atoms with Crippen molar-refractivity contribution in [3.8, 4) is 17.2 Å². The van der Waals surface area contributed by atoms with Crippen LogP contribution < -0.4 is 0 Å². The van der Waals surface area contributed by atoms with Crippen molar-refractivity contribution in [3.05, 3.63) is 64.9 Å². The molecule has 2 aromatic carbocycles. The summed E-state index contributed by atoms with van der Waals surface area (Å²) in [5.74, 6) is 1.72. The van der Waals surface area contributed by atoms with Gasteiger partial charge in [-0.05, 0) is 42.5 Å². The smallest absolute Gasteiger partial charge is 0.261 e. The van der Waals surface area contributed by atoms with Gasteiger partial charge in [0.2, 0.25) is 0 Å². The van der Waals surface area contributed by atoms with E-state index in [9.17, 15) is 5.11 Å². The van der Waals surface area contributed by atoms with Crippen molar-refractivity contribution in [3.63, 3.8) is 0 Å². The minimum atomic E-state index is 0.0374. The van der Waals surface area contributed by atoms with Crippen molar-refractivity contribution in [2.45, 2.75) is 18.8 Å². The van der Waals surface area contributed by atoms with Gasteiger partial charge in [-0.15, -0.1) is 0 Å². The number of hydrogen-bond donors (Lipinski definition) is 1. The second-order valence-corrected chi connectivity index (χ2v) is 6.28. The molecule has 1 atom stereocenters. The largest absolute Gasteiger partial charge is 0.507 e. The monoisotopic (exact) mass is 326 g/mol. The van der Waals surface area contributed by atoms with Crippen molar-refractivity contribution in [1.29, 1.82) is 0 Å². The third kappa shape index (κ3) is 2.82. The van der Waals surface area contributed by atoms with Crippen molar-refractivity contribution in [2.75, 3.05) is 0 Å². The zero-order valence-corrected chi connectivity index (χ0v) is 13.1. The van der Waals surface area contributed by atoms with Crippen LogP contribution in [-0.2, 0) is 0 Å². The first-order valence-electron chi connectivity index (χ1n) is 7.60. The van der Waals surface area contributed by atoms with Crippen LogP contribution in [0.3, 0.4) is 0 Å². The van der Waals surface area contributed by atoms with E-state index in [1.54, 1.807) is 12.1 Å². The number of hydrogen-bond acceptors (Lipinski definition) is 4. The number of halogens is 1. The first-order valence-corrected chi connectivity index (χ1v) is 7.97. The van der Waals surface area contributed by atoms with Gasteiger partial charge in [-0.25, -0.2) is 0 Å². The highest BCUT2D eigenvalue weighted by Crippen LogP contribution is 2.45. The standard InChI is InChI=1S/C18H15ClN2O2/c19-13-8-9-14(15(22)10-13)18-20-17(21-23-18)16(12-6-7-12)11-4-2-1-3-5-11/h1-5,8-10,12,16,22H,6-7H2. The lowest BCUT2D eigenvalue weighted by Gasteiger charge is -2.11. The second-order valence-electron chi connectivity index (χ2n) is 5.84. The molecule has 116 valence electrons. The molecule has 4 rings (SSSR count). The molecular weight excluding hydrogens is 312 g/mol. The Balaban J connectivity index is 1.71. The molecule has 1 aromatic heterocycles. The molecule has 0 aliphatic heterocycles. The zero-order valence-electron chi connectivity index (χ0n) is 12.3. The summed E-state index contributed by atoms with van der Waals surface area (Å²) < 4.78 is 5.39. The minimum absolute atomic E-state index is 0.0374. The Morgan fingerprint density at radius 1 is 1.13 bits per heavy atom. The molecule has 1 aliphatic rings. The van der Waals surface area contributed by atoms with Gasteiger partial charge >= 0.3 is 0 Å². The van der Waals surface area contributed by atoms with Crippen molar-refractivity contribution in [1.82, 2.24) is 10.1 Å². The zero-order chi connectivity index (χ0) is 15.8. The summed E-state index contributed by atoms with van der Waals surface area (Å²) >= 11 is 5.86. The predicted octanol–water partition coefficient (Wildman–Crippen LogP) is 4.64. The molecular formula is C18H15ClN2O2. The Morgan fingerprint density at radius 2 is 1.91 bits per heavy atom. The SMILES string of the molecule is Oc1cc(Cl)ccc1-c1nc(C(c2ccccc2)C2CC2)no1. The van der Waals surface area contributed by atoms with Gasteiger partial charge in [0.1, 0.15) is 5.75 Å². The van der Waals surface area contributed by atoms with E-state index in [1.807, 2.05) is 18.2 Å². The highest BCUT2D eigenvalue weighted by molar-refractivity contribution is 6.30. The highest BCUT2D eigenvalue weighted by atomic mass is 35.5. The summed E-state index contributed by atoms with van der Waals surface area (Å²) in [4.78, 5) is 4.53. The van der Waals surface area contributed by atoms with E-state index in [2.05, 4.69) is 22.3 Å². The average Bonchev–Trinajstić information content (AvgIpc) is 3.26. The molecule has 1 aliphatic carbocycles. The second kappa shape index (κ2) is 5.70. The molecule has 1 fully saturated rings. The number of aromatic hydroxyl groups is 1. The Kier molecular flexibility index (Phi) is 3.54. The summed E-state index contributed by atoms with van der Waals surface area (Å²) in [5, 5.41) is 14.6. The lowest BCUT2D eigenvalue weighted by Crippen LogP contribution is -2.05. The fourth-order valence-electron chi connectivity index (χ4n) is 2.88. The minimum Gasteiger partial charge on any atom is -0.507 e. The highest BCUT2D eigenvalue weighted by Gasteiger charge is 2.36. The summed E-state index contributed by atoms with van der Waals surface area (Å²) in [6.45, 7) is 0. The van der Waals surface area contributed by atoms with Crippen LogP contribution in [0.4, 0.5) is 0 Å². The van der Waals surface area contributed by atoms with Crippen LogP contribution in [0.15, 0.2) is 53.1 Å². The first-order chi connectivity index (χ1) is 11.2. The van der Waals surface area contributed by atoms with Gasteiger partial charge in [0.15, 0.2) is 5.82 Å². The number of aromatic nitrogens is 2. The third-order valence-corrected chi connectivity index (χ3v) is 4.40. The summed E-state index contributed by atoms with van der Waals surface area (Å²) in [6.07, 6.45) is 2.35. The summed E-state index contributed by atoms with van der Waals surface area (Å²) in [6, 6.07) is 15.1. The lowest BCUT2D eigenvalue weighted by molar-refractivity contribution is 0.412. The molecule has 0 spiro atoms. The van der Waals surface area contributed by atoms with E-state index in [4.69, 9.17) is 16.1 Å². The number of benzene rings is 2. The Bertz CT molecular complexity index is 828. The van der Waals surface area contributed by atoms with Gasteiger partial charge < -0.3 is 9.63 Å².